The van der Waals surface area contributed by atoms with Crippen LogP contribution in [0.4, 0.5) is 0 Å². The first-order valence-corrected chi connectivity index (χ1v) is 13.3. The lowest BCUT2D eigenvalue weighted by Crippen LogP contribution is -2.51. The van der Waals surface area contributed by atoms with Crippen molar-refractivity contribution in [3.63, 3.8) is 0 Å². The molecule has 2 amide bonds. The Morgan fingerprint density at radius 3 is 2.34 bits per heavy atom. The maximum atomic E-state index is 13.7. The minimum atomic E-state index is -3.41. The van der Waals surface area contributed by atoms with Crippen molar-refractivity contribution >= 4 is 33.3 Å². The topological polar surface area (TPSA) is 107 Å². The van der Waals surface area contributed by atoms with Crippen molar-refractivity contribution in [3.05, 3.63) is 34.9 Å². The lowest BCUT2D eigenvalue weighted by Gasteiger charge is -2.29. The average Bonchev–Trinajstić information content (AvgIpc) is 3.67. The van der Waals surface area contributed by atoms with Gasteiger partial charge in [-0.2, -0.15) is 5.26 Å². The van der Waals surface area contributed by atoms with Gasteiger partial charge >= 0.3 is 0 Å². The molecule has 3 saturated carbocycles. The molecule has 0 spiro atoms. The third kappa shape index (κ3) is 3.90. The van der Waals surface area contributed by atoms with Gasteiger partial charge in [0.1, 0.15) is 11.6 Å². The molecular formula is C23H26ClN3O4S. The van der Waals surface area contributed by atoms with Crippen molar-refractivity contribution < 1.29 is 18.0 Å². The van der Waals surface area contributed by atoms with E-state index >= 15 is 0 Å². The molecule has 4 fully saturated rings. The van der Waals surface area contributed by atoms with E-state index in [4.69, 9.17) is 11.6 Å². The molecule has 4 aliphatic rings. The fourth-order valence-electron chi connectivity index (χ4n) is 4.78. The van der Waals surface area contributed by atoms with Crippen molar-refractivity contribution in [2.45, 2.75) is 67.2 Å². The molecule has 2 atom stereocenters. The van der Waals surface area contributed by atoms with Crippen LogP contribution in [0.2, 0.25) is 5.02 Å². The predicted molar refractivity (Wildman–Crippen MR) is 119 cm³/mol. The van der Waals surface area contributed by atoms with Crippen LogP contribution in [0.3, 0.4) is 0 Å². The maximum Gasteiger partial charge on any atom is 0.244 e. The molecule has 0 bridgehead atoms. The molecule has 1 heterocycles. The predicted octanol–water partition coefficient (Wildman–Crippen LogP) is 2.34. The van der Waals surface area contributed by atoms with Crippen molar-refractivity contribution in [2.24, 2.45) is 5.92 Å². The standard InChI is InChI=1S/C23H26ClN3O4S/c24-17-5-3-16(4-6-17)23(9-10-23)21(29)27-12-18(32(30,31)13-15-1-2-15)11-19(27)20(28)26-22(14-25)7-8-22/h3-6,15,18-19H,1-2,7-13H2,(H,26,28)/t18-,19+/m1/s1. The smallest absolute Gasteiger partial charge is 0.244 e. The second-order valence-electron chi connectivity index (χ2n) is 9.88. The second kappa shape index (κ2) is 7.46. The average molecular weight is 476 g/mol. The Labute approximate surface area is 193 Å². The Kier molecular flexibility index (Phi) is 5.06. The summed E-state index contributed by atoms with van der Waals surface area (Å²) in [6.45, 7) is 0.0286. The minimum Gasteiger partial charge on any atom is -0.336 e. The lowest BCUT2D eigenvalue weighted by atomic mass is 9.94. The molecule has 1 saturated heterocycles. The number of nitrogens with zero attached hydrogens (tertiary/aromatic N) is 2. The van der Waals surface area contributed by atoms with Crippen LogP contribution < -0.4 is 5.32 Å². The van der Waals surface area contributed by atoms with Crippen LogP contribution in [0.15, 0.2) is 24.3 Å². The number of sulfone groups is 1. The number of rotatable bonds is 7. The van der Waals surface area contributed by atoms with Gasteiger partial charge in [0.15, 0.2) is 9.84 Å². The molecule has 0 unspecified atom stereocenters. The van der Waals surface area contributed by atoms with E-state index in [1.54, 1.807) is 12.1 Å². The quantitative estimate of drug-likeness (QED) is 0.651. The first-order chi connectivity index (χ1) is 15.2. The van der Waals surface area contributed by atoms with Crippen LogP contribution in [0.5, 0.6) is 0 Å². The number of benzene rings is 1. The summed E-state index contributed by atoms with van der Waals surface area (Å²) in [6, 6.07) is 8.39. The van der Waals surface area contributed by atoms with E-state index in [2.05, 4.69) is 11.4 Å². The van der Waals surface area contributed by atoms with Gasteiger partial charge in [-0.3, -0.25) is 9.59 Å². The van der Waals surface area contributed by atoms with Gasteiger partial charge in [-0.15, -0.1) is 0 Å². The molecule has 9 heteroatoms. The number of nitrogens with one attached hydrogen (secondary N) is 1. The maximum absolute atomic E-state index is 13.7. The van der Waals surface area contributed by atoms with Gasteiger partial charge in [0.25, 0.3) is 0 Å². The van der Waals surface area contributed by atoms with Crippen LogP contribution in [0, 0.1) is 17.2 Å². The highest BCUT2D eigenvalue weighted by Crippen LogP contribution is 2.51. The summed E-state index contributed by atoms with van der Waals surface area (Å²) in [7, 11) is -3.41. The number of hydrogen-bond acceptors (Lipinski definition) is 5. The summed E-state index contributed by atoms with van der Waals surface area (Å²) in [5.41, 5.74) is -0.763. The van der Waals surface area contributed by atoms with E-state index in [1.165, 1.54) is 4.90 Å². The molecule has 0 aromatic heterocycles. The summed E-state index contributed by atoms with van der Waals surface area (Å²) in [6.07, 6.45) is 4.39. The summed E-state index contributed by atoms with van der Waals surface area (Å²) in [5.74, 6) is -0.299. The molecule has 0 radical (unpaired) electrons. The summed E-state index contributed by atoms with van der Waals surface area (Å²) < 4.78 is 26.0. The zero-order valence-corrected chi connectivity index (χ0v) is 19.3. The molecule has 7 nitrogen and oxygen atoms in total. The largest absolute Gasteiger partial charge is 0.336 e. The SMILES string of the molecule is N#CC1(NC(=O)[C@@H]2C[C@@H](S(=O)(=O)CC3CC3)CN2C(=O)C2(c3ccc(Cl)cc3)CC2)CC1. The van der Waals surface area contributed by atoms with Crippen LogP contribution >= 0.6 is 11.6 Å². The first-order valence-electron chi connectivity index (χ1n) is 11.2. The van der Waals surface area contributed by atoms with Crippen molar-refractivity contribution in [1.82, 2.24) is 10.2 Å². The molecule has 5 rings (SSSR count). The molecular weight excluding hydrogens is 450 g/mol. The fourth-order valence-corrected chi connectivity index (χ4v) is 7.04. The van der Waals surface area contributed by atoms with Gasteiger partial charge in [-0.1, -0.05) is 23.7 Å². The molecule has 170 valence electrons. The number of carbonyl (C=O) groups is 2. The third-order valence-corrected chi connectivity index (χ3v) is 9.93. The zero-order valence-electron chi connectivity index (χ0n) is 17.7. The normalized spacial score (nSPS) is 27.4. The van der Waals surface area contributed by atoms with Gasteiger partial charge in [0.05, 0.1) is 22.5 Å². The third-order valence-electron chi connectivity index (χ3n) is 7.38. The van der Waals surface area contributed by atoms with Crippen LogP contribution in [-0.2, 0) is 24.8 Å². The van der Waals surface area contributed by atoms with E-state index in [9.17, 15) is 23.3 Å². The Balaban J connectivity index is 1.42. The number of likely N-dealkylation sites (tertiary alicyclic amines) is 1. The second-order valence-corrected chi connectivity index (χ2v) is 12.6. The highest BCUT2D eigenvalue weighted by molar-refractivity contribution is 7.92. The Morgan fingerprint density at radius 1 is 1.16 bits per heavy atom. The number of halogens is 1. The van der Waals surface area contributed by atoms with E-state index in [1.807, 2.05) is 12.1 Å². The van der Waals surface area contributed by atoms with Crippen LogP contribution in [0.25, 0.3) is 0 Å². The van der Waals surface area contributed by atoms with Gasteiger partial charge < -0.3 is 10.2 Å². The molecule has 32 heavy (non-hydrogen) atoms. The van der Waals surface area contributed by atoms with Crippen LogP contribution in [0.1, 0.15) is 50.5 Å². The molecule has 3 aliphatic carbocycles. The number of hydrogen-bond donors (Lipinski definition) is 1. The van der Waals surface area contributed by atoms with E-state index in [0.29, 0.717) is 30.7 Å². The minimum absolute atomic E-state index is 0.0286. The van der Waals surface area contributed by atoms with Crippen molar-refractivity contribution in [1.29, 1.82) is 5.26 Å². The zero-order chi connectivity index (χ0) is 22.7. The Hall–Kier alpha value is -2.11. The number of amides is 2. The summed E-state index contributed by atoms with van der Waals surface area (Å²) in [4.78, 5) is 28.4. The first kappa shape index (κ1) is 21.7. The van der Waals surface area contributed by atoms with E-state index in [0.717, 1.165) is 18.4 Å². The number of carbonyl (C=O) groups excluding carboxylic acids is 2. The van der Waals surface area contributed by atoms with Gasteiger partial charge in [0, 0.05) is 11.6 Å². The van der Waals surface area contributed by atoms with Crippen LogP contribution in [-0.4, -0.2) is 54.3 Å². The summed E-state index contributed by atoms with van der Waals surface area (Å²) >= 11 is 6.01. The van der Waals surface area contributed by atoms with Gasteiger partial charge in [-0.05, 0) is 68.6 Å². The van der Waals surface area contributed by atoms with Gasteiger partial charge in [0.2, 0.25) is 11.8 Å². The van der Waals surface area contributed by atoms with Crippen molar-refractivity contribution in [3.8, 4) is 6.07 Å². The Bertz CT molecular complexity index is 1100. The van der Waals surface area contributed by atoms with Crippen molar-refractivity contribution in [2.75, 3.05) is 12.3 Å². The highest BCUT2D eigenvalue weighted by atomic mass is 35.5. The fraction of sp³-hybridized carbons (Fsp3) is 0.609. The monoisotopic (exact) mass is 475 g/mol. The highest BCUT2D eigenvalue weighted by Gasteiger charge is 2.58. The van der Waals surface area contributed by atoms with E-state index < -0.39 is 38.0 Å². The molecule has 1 aromatic carbocycles. The molecule has 1 aromatic rings. The Morgan fingerprint density at radius 2 is 1.81 bits per heavy atom. The molecule has 1 aliphatic heterocycles. The number of nitriles is 1. The van der Waals surface area contributed by atoms with E-state index in [-0.39, 0.29) is 30.5 Å². The lowest BCUT2D eigenvalue weighted by molar-refractivity contribution is -0.140. The summed E-state index contributed by atoms with van der Waals surface area (Å²) in [5, 5.41) is 12.0. The molecule has 1 N–H and O–H groups in total. The van der Waals surface area contributed by atoms with Gasteiger partial charge in [-0.25, -0.2) is 8.42 Å².